The summed E-state index contributed by atoms with van der Waals surface area (Å²) in [7, 11) is -2.02. The Hall–Kier alpha value is -2.12. The summed E-state index contributed by atoms with van der Waals surface area (Å²) in [5, 5.41) is 0. The number of halogens is 1. The number of aromatic nitrogens is 1. The van der Waals surface area contributed by atoms with Crippen molar-refractivity contribution in [3.05, 3.63) is 47.8 Å². The molecule has 122 valence electrons. The highest BCUT2D eigenvalue weighted by Crippen LogP contribution is 2.25. The van der Waals surface area contributed by atoms with Crippen LogP contribution in [0.25, 0.3) is 0 Å². The van der Waals surface area contributed by atoms with E-state index in [4.69, 9.17) is 16.3 Å². The number of nitrogens with zero attached hydrogens (tertiary/aromatic N) is 1. The van der Waals surface area contributed by atoms with Crippen LogP contribution in [0.2, 0.25) is 0 Å². The van der Waals surface area contributed by atoms with Gasteiger partial charge in [0.1, 0.15) is 11.5 Å². The van der Waals surface area contributed by atoms with Crippen LogP contribution < -0.4 is 4.74 Å². The average molecular weight is 356 g/mol. The van der Waals surface area contributed by atoms with Crippen LogP contribution in [-0.2, 0) is 20.5 Å². The van der Waals surface area contributed by atoms with E-state index >= 15 is 0 Å². The number of hydrogen-bond acceptors (Lipinski definition) is 6. The Labute approximate surface area is 138 Å². The molecule has 2 aromatic rings. The highest BCUT2D eigenvalue weighted by atomic mass is 35.5. The Morgan fingerprint density at radius 3 is 2.35 bits per heavy atom. The SMILES string of the molecule is COC(=O)c1cc(Oc2ccc(S(C)(=O)=O)cc2)cc(CCl)n1. The van der Waals surface area contributed by atoms with Gasteiger partial charge in [-0.3, -0.25) is 0 Å². The van der Waals surface area contributed by atoms with Gasteiger partial charge in [0.25, 0.3) is 0 Å². The fourth-order valence-electron chi connectivity index (χ4n) is 1.79. The van der Waals surface area contributed by atoms with E-state index in [1.54, 1.807) is 6.07 Å². The zero-order valence-electron chi connectivity index (χ0n) is 12.4. The zero-order chi connectivity index (χ0) is 17.0. The third kappa shape index (κ3) is 4.43. The van der Waals surface area contributed by atoms with Gasteiger partial charge in [0.05, 0.1) is 23.6 Å². The molecule has 8 heteroatoms. The molecule has 0 N–H and O–H groups in total. The van der Waals surface area contributed by atoms with Crippen LogP contribution in [0, 0.1) is 0 Å². The van der Waals surface area contributed by atoms with Gasteiger partial charge < -0.3 is 9.47 Å². The summed E-state index contributed by atoms with van der Waals surface area (Å²) in [5.41, 5.74) is 0.533. The summed E-state index contributed by atoms with van der Waals surface area (Å²) < 4.78 is 33.1. The molecule has 0 spiro atoms. The van der Waals surface area contributed by atoms with Gasteiger partial charge in [-0.15, -0.1) is 11.6 Å². The number of esters is 1. The molecule has 6 nitrogen and oxygen atoms in total. The predicted octanol–water partition coefficient (Wildman–Crippen LogP) is 2.80. The molecule has 0 unspecified atom stereocenters. The molecule has 2 rings (SSSR count). The van der Waals surface area contributed by atoms with Gasteiger partial charge in [0.2, 0.25) is 0 Å². The summed E-state index contributed by atoms with van der Waals surface area (Å²) in [6.45, 7) is 0. The highest BCUT2D eigenvalue weighted by Gasteiger charge is 2.12. The Morgan fingerprint density at radius 1 is 1.17 bits per heavy atom. The maximum Gasteiger partial charge on any atom is 0.356 e. The van der Waals surface area contributed by atoms with Gasteiger partial charge in [-0.05, 0) is 24.3 Å². The first-order valence-electron chi connectivity index (χ1n) is 6.46. The molecule has 0 fully saturated rings. The lowest BCUT2D eigenvalue weighted by molar-refractivity contribution is 0.0593. The van der Waals surface area contributed by atoms with Crippen molar-refractivity contribution in [3.63, 3.8) is 0 Å². The molecule has 1 aromatic heterocycles. The summed E-state index contributed by atoms with van der Waals surface area (Å²) in [6.07, 6.45) is 1.13. The van der Waals surface area contributed by atoms with Crippen molar-refractivity contribution in [2.75, 3.05) is 13.4 Å². The Kier molecular flexibility index (Phi) is 5.23. The van der Waals surface area contributed by atoms with Crippen LogP contribution in [0.3, 0.4) is 0 Å². The normalized spacial score (nSPS) is 11.1. The number of alkyl halides is 1. The standard InChI is InChI=1S/C15H14ClNO5S/c1-21-15(18)14-8-12(7-10(9-16)17-14)22-11-3-5-13(6-4-11)23(2,19)20/h3-8H,9H2,1-2H3. The number of methoxy groups -OCH3 is 1. The minimum Gasteiger partial charge on any atom is -0.464 e. The number of carbonyl (C=O) groups is 1. The number of hydrogen-bond donors (Lipinski definition) is 0. The number of benzene rings is 1. The summed E-state index contributed by atoms with van der Waals surface area (Å²) in [5.74, 6) is 0.270. The number of pyridine rings is 1. The molecule has 0 aliphatic heterocycles. The van der Waals surface area contributed by atoms with E-state index in [1.807, 2.05) is 0 Å². The van der Waals surface area contributed by atoms with E-state index in [0.29, 0.717) is 17.2 Å². The van der Waals surface area contributed by atoms with Crippen molar-refractivity contribution in [2.45, 2.75) is 10.8 Å². The van der Waals surface area contributed by atoms with E-state index in [1.165, 1.54) is 37.4 Å². The molecule has 0 radical (unpaired) electrons. The lowest BCUT2D eigenvalue weighted by Gasteiger charge is -2.09. The molecule has 0 saturated carbocycles. The maximum atomic E-state index is 11.6. The number of carbonyl (C=O) groups excluding carboxylic acids is 1. The van der Waals surface area contributed by atoms with Crippen LogP contribution in [0.5, 0.6) is 11.5 Å². The van der Waals surface area contributed by atoms with Crippen LogP contribution >= 0.6 is 11.6 Å². The van der Waals surface area contributed by atoms with Gasteiger partial charge in [0.15, 0.2) is 15.5 Å². The van der Waals surface area contributed by atoms with Gasteiger partial charge in [-0.1, -0.05) is 0 Å². The van der Waals surface area contributed by atoms with Crippen molar-refractivity contribution >= 4 is 27.4 Å². The smallest absolute Gasteiger partial charge is 0.356 e. The largest absolute Gasteiger partial charge is 0.464 e. The van der Waals surface area contributed by atoms with E-state index in [2.05, 4.69) is 9.72 Å². The molecule has 0 aliphatic rings. The van der Waals surface area contributed by atoms with Crippen molar-refractivity contribution in [1.29, 1.82) is 0 Å². The van der Waals surface area contributed by atoms with Crippen molar-refractivity contribution in [2.24, 2.45) is 0 Å². The Morgan fingerprint density at radius 2 is 1.83 bits per heavy atom. The first kappa shape index (κ1) is 17.2. The fraction of sp³-hybridized carbons (Fsp3) is 0.200. The van der Waals surface area contributed by atoms with Crippen molar-refractivity contribution in [3.8, 4) is 11.5 Å². The molecule has 1 aromatic carbocycles. The van der Waals surface area contributed by atoms with E-state index < -0.39 is 15.8 Å². The average Bonchev–Trinajstić information content (AvgIpc) is 2.53. The molecular formula is C15H14ClNO5S. The van der Waals surface area contributed by atoms with Gasteiger partial charge in [-0.2, -0.15) is 0 Å². The van der Waals surface area contributed by atoms with E-state index in [0.717, 1.165) is 6.26 Å². The van der Waals surface area contributed by atoms with Gasteiger partial charge in [0, 0.05) is 18.4 Å². The molecule has 1 heterocycles. The minimum atomic E-state index is -3.27. The topological polar surface area (TPSA) is 82.6 Å². The van der Waals surface area contributed by atoms with Gasteiger partial charge >= 0.3 is 5.97 Å². The summed E-state index contributed by atoms with van der Waals surface area (Å²) in [4.78, 5) is 15.8. The summed E-state index contributed by atoms with van der Waals surface area (Å²) in [6, 6.07) is 8.94. The Bertz CT molecular complexity index is 818. The minimum absolute atomic E-state index is 0.0772. The zero-order valence-corrected chi connectivity index (χ0v) is 14.0. The monoisotopic (exact) mass is 355 g/mol. The van der Waals surface area contributed by atoms with E-state index in [-0.39, 0.29) is 16.5 Å². The maximum absolute atomic E-state index is 11.6. The first-order chi connectivity index (χ1) is 10.8. The van der Waals surface area contributed by atoms with Crippen LogP contribution in [0.15, 0.2) is 41.3 Å². The first-order valence-corrected chi connectivity index (χ1v) is 8.89. The third-order valence-corrected chi connectivity index (χ3v) is 4.27. The van der Waals surface area contributed by atoms with Crippen molar-refractivity contribution in [1.82, 2.24) is 4.98 Å². The van der Waals surface area contributed by atoms with Crippen LogP contribution in [0.4, 0.5) is 0 Å². The molecule has 0 bridgehead atoms. The molecule has 0 saturated heterocycles. The second-order valence-corrected chi connectivity index (χ2v) is 6.93. The molecular weight excluding hydrogens is 342 g/mol. The predicted molar refractivity (Wildman–Crippen MR) is 84.8 cm³/mol. The van der Waals surface area contributed by atoms with Gasteiger partial charge in [-0.25, -0.2) is 18.2 Å². The fourth-order valence-corrected chi connectivity index (χ4v) is 2.55. The molecule has 23 heavy (non-hydrogen) atoms. The third-order valence-electron chi connectivity index (χ3n) is 2.87. The van der Waals surface area contributed by atoms with Crippen LogP contribution in [-0.4, -0.2) is 32.7 Å². The number of rotatable bonds is 5. The lowest BCUT2D eigenvalue weighted by Crippen LogP contribution is -2.06. The lowest BCUT2D eigenvalue weighted by atomic mass is 10.3. The second-order valence-electron chi connectivity index (χ2n) is 4.65. The molecule has 0 atom stereocenters. The van der Waals surface area contributed by atoms with Crippen LogP contribution in [0.1, 0.15) is 16.2 Å². The number of sulfone groups is 1. The second kappa shape index (κ2) is 6.97. The van der Waals surface area contributed by atoms with Crippen molar-refractivity contribution < 1.29 is 22.7 Å². The Balaban J connectivity index is 2.30. The number of ether oxygens (including phenoxy) is 2. The quantitative estimate of drug-likeness (QED) is 0.606. The summed E-state index contributed by atoms with van der Waals surface area (Å²) >= 11 is 5.76. The van der Waals surface area contributed by atoms with E-state index in [9.17, 15) is 13.2 Å². The molecule has 0 amide bonds. The molecule has 0 aliphatic carbocycles. The highest BCUT2D eigenvalue weighted by molar-refractivity contribution is 7.90.